The molecule has 0 radical (unpaired) electrons. The Labute approximate surface area is 498 Å². The van der Waals surface area contributed by atoms with Gasteiger partial charge >= 0.3 is 0 Å². The van der Waals surface area contributed by atoms with Crippen LogP contribution in [0.2, 0.25) is 0 Å². The van der Waals surface area contributed by atoms with E-state index in [4.69, 9.17) is 0 Å². The summed E-state index contributed by atoms with van der Waals surface area (Å²) in [6.07, 6.45) is 0. The van der Waals surface area contributed by atoms with Crippen LogP contribution in [0.4, 0.5) is 34.1 Å². The van der Waals surface area contributed by atoms with E-state index in [1.165, 1.54) is 155 Å². The molecule has 2 nitrogen and oxygen atoms in total. The first-order chi connectivity index (χ1) is 40.5. The summed E-state index contributed by atoms with van der Waals surface area (Å²) in [6.45, 7) is 28.6. The molecule has 2 aliphatic carbocycles. The van der Waals surface area contributed by atoms with Crippen LogP contribution >= 0.6 is 0 Å². The van der Waals surface area contributed by atoms with Crippen molar-refractivity contribution in [3.63, 3.8) is 0 Å². The minimum atomic E-state index is -0.135. The molecule has 0 bridgehead atoms. The van der Waals surface area contributed by atoms with Crippen molar-refractivity contribution in [1.82, 2.24) is 0 Å². The van der Waals surface area contributed by atoms with Gasteiger partial charge in [0.1, 0.15) is 0 Å². The van der Waals surface area contributed by atoms with Gasteiger partial charge in [-0.2, -0.15) is 0 Å². The third-order valence-corrected chi connectivity index (χ3v) is 19.3. The lowest BCUT2D eigenvalue weighted by atomic mass is 9.80. The van der Waals surface area contributed by atoms with Crippen LogP contribution in [0, 0.1) is 0 Å². The zero-order valence-electron chi connectivity index (χ0n) is 51.0. The van der Waals surface area contributed by atoms with E-state index in [1.54, 1.807) is 0 Å². The van der Waals surface area contributed by atoms with E-state index in [1.807, 2.05) is 0 Å². The van der Waals surface area contributed by atoms with E-state index >= 15 is 0 Å². The highest BCUT2D eigenvalue weighted by atomic mass is 15.2. The summed E-state index contributed by atoms with van der Waals surface area (Å²) in [5.74, 6) is 0.989. The number of benzene rings is 12. The molecular weight excluding hydrogens is 1010 g/mol. The Morgan fingerprint density at radius 3 is 0.988 bits per heavy atom. The zero-order valence-corrected chi connectivity index (χ0v) is 51.0. The number of hydrogen-bond acceptors (Lipinski definition) is 2. The molecule has 0 spiro atoms. The summed E-state index contributed by atoms with van der Waals surface area (Å²) in [5, 5.41) is 7.51. The molecule has 0 saturated heterocycles. The topological polar surface area (TPSA) is 6.48 Å². The van der Waals surface area contributed by atoms with E-state index in [9.17, 15) is 0 Å². The third kappa shape index (κ3) is 8.26. The van der Waals surface area contributed by atoms with Gasteiger partial charge in [-0.15, -0.1) is 0 Å². The van der Waals surface area contributed by atoms with Crippen molar-refractivity contribution in [1.29, 1.82) is 0 Å². The van der Waals surface area contributed by atoms with Gasteiger partial charge in [0.25, 0.3) is 0 Å². The van der Waals surface area contributed by atoms with Crippen LogP contribution in [0.5, 0.6) is 0 Å². The fourth-order valence-corrected chi connectivity index (χ4v) is 14.8. The van der Waals surface area contributed by atoms with Crippen molar-refractivity contribution < 1.29 is 0 Å². The summed E-state index contributed by atoms with van der Waals surface area (Å²) in [7, 11) is 0. The van der Waals surface area contributed by atoms with Crippen LogP contribution in [0.25, 0.3) is 76.8 Å². The Morgan fingerprint density at radius 1 is 0.262 bits per heavy atom. The van der Waals surface area contributed by atoms with Crippen molar-refractivity contribution in [3.8, 4) is 44.5 Å². The predicted octanol–water partition coefficient (Wildman–Crippen LogP) is 24.0. The van der Waals surface area contributed by atoms with Gasteiger partial charge < -0.3 is 9.80 Å². The van der Waals surface area contributed by atoms with Gasteiger partial charge in [-0.1, -0.05) is 265 Å². The van der Waals surface area contributed by atoms with E-state index in [0.717, 1.165) is 0 Å². The van der Waals surface area contributed by atoms with Gasteiger partial charge in [0, 0.05) is 21.6 Å². The molecule has 0 aliphatic heterocycles. The van der Waals surface area contributed by atoms with Gasteiger partial charge in [0.15, 0.2) is 0 Å². The predicted molar refractivity (Wildman–Crippen MR) is 362 cm³/mol. The molecule has 14 rings (SSSR count). The molecule has 0 saturated carbocycles. The number of fused-ring (bicyclic) bond motifs is 6. The monoisotopic (exact) mass is 1090 g/mol. The summed E-state index contributed by atoms with van der Waals surface area (Å²) in [6, 6.07) is 84.1. The van der Waals surface area contributed by atoms with E-state index < -0.39 is 0 Å². The molecule has 12 aromatic rings. The quantitative estimate of drug-likeness (QED) is 0.113. The van der Waals surface area contributed by atoms with Gasteiger partial charge in [-0.3, -0.25) is 0 Å². The van der Waals surface area contributed by atoms with E-state index in [0.29, 0.717) is 0 Å². The molecule has 0 N–H and O–H groups in total. The zero-order chi connectivity index (χ0) is 58.1. The maximum absolute atomic E-state index is 2.67. The summed E-state index contributed by atoms with van der Waals surface area (Å²) in [5.41, 5.74) is 28.0. The van der Waals surface area contributed by atoms with Crippen molar-refractivity contribution in [2.24, 2.45) is 0 Å². The van der Waals surface area contributed by atoms with Gasteiger partial charge in [0.2, 0.25) is 0 Å². The van der Waals surface area contributed by atoms with Crippen LogP contribution in [0.3, 0.4) is 0 Å². The summed E-state index contributed by atoms with van der Waals surface area (Å²) in [4.78, 5) is 5.35. The Bertz CT molecular complexity index is 4260. The van der Waals surface area contributed by atoms with Gasteiger partial charge in [0.05, 0.1) is 34.1 Å². The highest BCUT2D eigenvalue weighted by Crippen LogP contribution is 2.58. The lowest BCUT2D eigenvalue weighted by Gasteiger charge is -2.35. The molecule has 0 heterocycles. The van der Waals surface area contributed by atoms with Crippen LogP contribution < -0.4 is 9.80 Å². The minimum Gasteiger partial charge on any atom is -0.309 e. The number of anilines is 6. The first-order valence-electron chi connectivity index (χ1n) is 30.8. The largest absolute Gasteiger partial charge is 0.309 e. The minimum absolute atomic E-state index is 0.135. The Hall–Kier alpha value is -8.72. The first kappa shape index (κ1) is 53.3. The SMILES string of the molecule is CC(C)c1ccc(-c2ccccc2)cc1N(c1cc2c(cc1C(C)C)C(C)(C)c1ccccc1-2)c1ccc2ccc3c(N(c4cc(-c5ccccc5)ccc4C(C)C)c4cc5c(cc4C(C)C)C(C)(C)c4ccccc4-5)ccc4ccc1c2c43. The van der Waals surface area contributed by atoms with Crippen molar-refractivity contribution in [3.05, 3.63) is 263 Å². The second-order valence-corrected chi connectivity index (χ2v) is 26.4. The lowest BCUT2D eigenvalue weighted by Crippen LogP contribution is -2.19. The lowest BCUT2D eigenvalue weighted by molar-refractivity contribution is 0.658. The molecular formula is C82H76N2. The average molecular weight is 1090 g/mol. The van der Waals surface area contributed by atoms with Crippen molar-refractivity contribution in [2.75, 3.05) is 9.80 Å². The average Bonchev–Trinajstić information content (AvgIpc) is 2.13. The third-order valence-electron chi connectivity index (χ3n) is 19.3. The molecule has 0 atom stereocenters. The Balaban J connectivity index is 1.08. The maximum Gasteiger partial charge on any atom is 0.0540 e. The van der Waals surface area contributed by atoms with Crippen LogP contribution in [-0.2, 0) is 10.8 Å². The standard InChI is InChI=1S/C82H76N2/c1-49(2)59-37-33-57(53-23-15-13-16-24-53)43-75(59)83(77-47-67-61-27-19-21-29-69(61)81(9,10)71(67)45-65(77)51(5)6)73-41-35-55-32-40-64-74(42-36-56-31-39-63(73)79(55)80(56)64)84(76-44-58(34-38-60(76)50(3)4)54-25-17-14-18-26-54)78-48-68-62-28-20-22-30-70(62)82(11,12)72(68)46-66(78)52(7)8/h13-52H,1-12H3. The molecule has 0 fully saturated rings. The van der Waals surface area contributed by atoms with Crippen LogP contribution in [0.15, 0.2) is 218 Å². The van der Waals surface area contributed by atoms with E-state index in [-0.39, 0.29) is 34.5 Å². The number of nitrogens with zero attached hydrogens (tertiary/aromatic N) is 2. The molecule has 2 heteroatoms. The van der Waals surface area contributed by atoms with Crippen molar-refractivity contribution in [2.45, 2.75) is 118 Å². The van der Waals surface area contributed by atoms with Crippen molar-refractivity contribution >= 4 is 66.4 Å². The molecule has 414 valence electrons. The first-order valence-corrected chi connectivity index (χ1v) is 30.8. The van der Waals surface area contributed by atoms with Crippen LogP contribution in [-0.4, -0.2) is 0 Å². The summed E-state index contributed by atoms with van der Waals surface area (Å²) < 4.78 is 0. The molecule has 0 amide bonds. The normalized spacial score (nSPS) is 13.9. The molecule has 2 aliphatic rings. The second-order valence-electron chi connectivity index (χ2n) is 26.4. The number of rotatable bonds is 12. The van der Waals surface area contributed by atoms with Gasteiger partial charge in [-0.05, 0) is 171 Å². The second kappa shape index (κ2) is 20.0. The highest BCUT2D eigenvalue weighted by molar-refractivity contribution is 6.28. The Kier molecular flexibility index (Phi) is 12.7. The smallest absolute Gasteiger partial charge is 0.0540 e. The maximum atomic E-state index is 2.67. The molecule has 84 heavy (non-hydrogen) atoms. The number of hydrogen-bond donors (Lipinski definition) is 0. The molecule has 0 unspecified atom stereocenters. The Morgan fingerprint density at radius 2 is 0.607 bits per heavy atom. The molecule has 0 aromatic heterocycles. The van der Waals surface area contributed by atoms with E-state index in [2.05, 4.69) is 311 Å². The van der Waals surface area contributed by atoms with Gasteiger partial charge in [-0.25, -0.2) is 0 Å². The summed E-state index contributed by atoms with van der Waals surface area (Å²) >= 11 is 0. The molecule has 12 aromatic carbocycles. The fourth-order valence-electron chi connectivity index (χ4n) is 14.8. The highest BCUT2D eigenvalue weighted by Gasteiger charge is 2.40. The fraction of sp³-hybridized carbons (Fsp3) is 0.220. The van der Waals surface area contributed by atoms with Crippen LogP contribution in [0.1, 0.15) is 151 Å².